The maximum Gasteiger partial charge on any atom is 0.231 e. The van der Waals surface area contributed by atoms with E-state index in [2.05, 4.69) is 15.5 Å². The number of aromatic nitrogens is 3. The van der Waals surface area contributed by atoms with Crippen molar-refractivity contribution in [1.29, 1.82) is 0 Å². The quantitative estimate of drug-likeness (QED) is 0.484. The van der Waals surface area contributed by atoms with Crippen molar-refractivity contribution in [2.75, 3.05) is 17.3 Å². The highest BCUT2D eigenvalue weighted by Gasteiger charge is 2.29. The molecule has 2 atom stereocenters. The van der Waals surface area contributed by atoms with E-state index in [1.807, 2.05) is 29.1 Å². The molecule has 1 N–H and O–H groups in total. The second kappa shape index (κ2) is 9.72. The molecule has 3 heterocycles. The molecule has 1 fully saturated rings. The Morgan fingerprint density at radius 3 is 2.75 bits per heavy atom. The third-order valence-corrected chi connectivity index (χ3v) is 9.19. The first-order chi connectivity index (χ1) is 15.3. The molecule has 7 nitrogen and oxygen atoms in total. The molecule has 170 valence electrons. The standard InChI is InChI=1S/C21H23FN4O3S3/c1-26-18(11-14-8-10-32(28,29)13-14)24-25-21(26)31-12-19(27)23-20(17-3-2-9-30-17)15-4-6-16(22)7-5-15/h2-7,9,14,20H,8,10-13H2,1H3,(H,23,27)/t14-,20-/m0/s1. The van der Waals surface area contributed by atoms with Crippen LogP contribution in [0.25, 0.3) is 0 Å². The molecule has 0 bridgehead atoms. The number of nitrogens with one attached hydrogen (secondary N) is 1. The van der Waals surface area contributed by atoms with Crippen LogP contribution in [0.15, 0.2) is 46.9 Å². The van der Waals surface area contributed by atoms with Gasteiger partial charge in [-0.1, -0.05) is 30.0 Å². The molecule has 0 spiro atoms. The number of hydrogen-bond acceptors (Lipinski definition) is 7. The molecule has 0 saturated carbocycles. The fourth-order valence-corrected chi connectivity index (χ4v) is 7.11. The molecule has 1 aliphatic heterocycles. The van der Waals surface area contributed by atoms with Crippen LogP contribution in [0.1, 0.15) is 28.7 Å². The van der Waals surface area contributed by atoms with Crippen LogP contribution in [0, 0.1) is 11.7 Å². The Morgan fingerprint density at radius 1 is 1.31 bits per heavy atom. The third-order valence-electron chi connectivity index (χ3n) is 5.39. The molecule has 0 radical (unpaired) electrons. The number of rotatable bonds is 8. The highest BCUT2D eigenvalue weighted by Crippen LogP contribution is 2.27. The fourth-order valence-electron chi connectivity index (χ4n) is 3.70. The van der Waals surface area contributed by atoms with Gasteiger partial charge < -0.3 is 9.88 Å². The van der Waals surface area contributed by atoms with Gasteiger partial charge >= 0.3 is 0 Å². The molecule has 1 aromatic carbocycles. The van der Waals surface area contributed by atoms with Crippen molar-refractivity contribution in [3.63, 3.8) is 0 Å². The van der Waals surface area contributed by atoms with Crippen LogP contribution in [-0.2, 0) is 28.1 Å². The lowest BCUT2D eigenvalue weighted by Crippen LogP contribution is -2.30. The van der Waals surface area contributed by atoms with Crippen LogP contribution in [0.3, 0.4) is 0 Å². The van der Waals surface area contributed by atoms with Gasteiger partial charge in [0.1, 0.15) is 11.6 Å². The van der Waals surface area contributed by atoms with Crippen molar-refractivity contribution in [2.24, 2.45) is 13.0 Å². The summed E-state index contributed by atoms with van der Waals surface area (Å²) in [6.45, 7) is 0. The van der Waals surface area contributed by atoms with E-state index >= 15 is 0 Å². The number of amides is 1. The zero-order valence-corrected chi connectivity index (χ0v) is 19.9. The van der Waals surface area contributed by atoms with E-state index in [1.54, 1.807) is 12.1 Å². The second-order valence-electron chi connectivity index (χ2n) is 7.79. The van der Waals surface area contributed by atoms with E-state index < -0.39 is 9.84 Å². The summed E-state index contributed by atoms with van der Waals surface area (Å²) in [7, 11) is -1.11. The SMILES string of the molecule is Cn1c(C[C@@H]2CCS(=O)(=O)C2)nnc1SCC(=O)N[C@@H](c1ccc(F)cc1)c1cccs1. The fraction of sp³-hybridized carbons (Fsp3) is 0.381. The lowest BCUT2D eigenvalue weighted by atomic mass is 10.1. The lowest BCUT2D eigenvalue weighted by molar-refractivity contribution is -0.119. The number of thioether (sulfide) groups is 1. The molecule has 4 rings (SSSR count). The summed E-state index contributed by atoms with van der Waals surface area (Å²) in [5.41, 5.74) is 0.805. The average molecular weight is 495 g/mol. The van der Waals surface area contributed by atoms with Gasteiger partial charge in [0.05, 0.1) is 23.3 Å². The number of benzene rings is 1. The van der Waals surface area contributed by atoms with E-state index in [1.165, 1.54) is 35.2 Å². The summed E-state index contributed by atoms with van der Waals surface area (Å²) in [5, 5.41) is 13.9. The second-order valence-corrected chi connectivity index (χ2v) is 11.9. The Hall–Kier alpha value is -2.24. The van der Waals surface area contributed by atoms with E-state index in [4.69, 9.17) is 0 Å². The summed E-state index contributed by atoms with van der Waals surface area (Å²) >= 11 is 2.80. The number of carbonyl (C=O) groups is 1. The van der Waals surface area contributed by atoms with Crippen molar-refractivity contribution in [1.82, 2.24) is 20.1 Å². The van der Waals surface area contributed by atoms with E-state index in [-0.39, 0.29) is 40.9 Å². The lowest BCUT2D eigenvalue weighted by Gasteiger charge is -2.18. The Bertz CT molecular complexity index is 1180. The van der Waals surface area contributed by atoms with Crippen LogP contribution in [0.4, 0.5) is 4.39 Å². The molecule has 2 aromatic heterocycles. The Balaban J connectivity index is 1.38. The summed E-state index contributed by atoms with van der Waals surface area (Å²) in [6.07, 6.45) is 1.20. The Labute approximate surface area is 194 Å². The number of hydrogen-bond donors (Lipinski definition) is 1. The molecule has 0 unspecified atom stereocenters. The van der Waals surface area contributed by atoms with Crippen molar-refractivity contribution in [2.45, 2.75) is 24.0 Å². The summed E-state index contributed by atoms with van der Waals surface area (Å²) < 4.78 is 38.5. The first-order valence-corrected chi connectivity index (χ1v) is 13.8. The number of sulfone groups is 1. The predicted octanol–water partition coefficient (Wildman–Crippen LogP) is 2.99. The van der Waals surface area contributed by atoms with Crippen molar-refractivity contribution >= 4 is 38.8 Å². The van der Waals surface area contributed by atoms with Gasteiger partial charge in [-0.25, -0.2) is 12.8 Å². The predicted molar refractivity (Wildman–Crippen MR) is 123 cm³/mol. The minimum atomic E-state index is -2.93. The monoisotopic (exact) mass is 494 g/mol. The van der Waals surface area contributed by atoms with Crippen molar-refractivity contribution in [3.8, 4) is 0 Å². The van der Waals surface area contributed by atoms with Gasteiger partial charge in [-0.3, -0.25) is 4.79 Å². The molecule has 11 heteroatoms. The molecule has 32 heavy (non-hydrogen) atoms. The smallest absolute Gasteiger partial charge is 0.231 e. The van der Waals surface area contributed by atoms with Gasteiger partial charge in [0, 0.05) is 18.3 Å². The highest BCUT2D eigenvalue weighted by molar-refractivity contribution is 7.99. The van der Waals surface area contributed by atoms with Crippen LogP contribution < -0.4 is 5.32 Å². The molecule has 3 aromatic rings. The normalized spacial score (nSPS) is 18.5. The highest BCUT2D eigenvalue weighted by atomic mass is 32.2. The largest absolute Gasteiger partial charge is 0.344 e. The van der Waals surface area contributed by atoms with Gasteiger partial charge in [-0.2, -0.15) is 0 Å². The number of thiophene rings is 1. The summed E-state index contributed by atoms with van der Waals surface area (Å²) in [5.74, 6) is 0.851. The Morgan fingerprint density at radius 2 is 2.09 bits per heavy atom. The topological polar surface area (TPSA) is 93.9 Å². The van der Waals surface area contributed by atoms with E-state index in [0.29, 0.717) is 18.0 Å². The molecular formula is C21H23FN4O3S3. The van der Waals surface area contributed by atoms with Crippen LogP contribution in [0.2, 0.25) is 0 Å². The molecule has 1 amide bonds. The van der Waals surface area contributed by atoms with Gasteiger partial charge in [-0.15, -0.1) is 21.5 Å². The van der Waals surface area contributed by atoms with Gasteiger partial charge in [0.25, 0.3) is 0 Å². The van der Waals surface area contributed by atoms with E-state index in [0.717, 1.165) is 16.3 Å². The van der Waals surface area contributed by atoms with Gasteiger partial charge in [0.15, 0.2) is 15.0 Å². The third kappa shape index (κ3) is 5.57. The van der Waals surface area contributed by atoms with Gasteiger partial charge in [-0.05, 0) is 41.5 Å². The first-order valence-electron chi connectivity index (χ1n) is 10.1. The minimum absolute atomic E-state index is 0.0614. The number of carbonyl (C=O) groups excluding carboxylic acids is 1. The number of nitrogens with zero attached hydrogens (tertiary/aromatic N) is 3. The van der Waals surface area contributed by atoms with Crippen LogP contribution >= 0.6 is 23.1 Å². The van der Waals surface area contributed by atoms with Crippen LogP contribution in [-0.4, -0.2) is 46.3 Å². The number of halogens is 1. The van der Waals surface area contributed by atoms with Crippen molar-refractivity contribution in [3.05, 3.63) is 63.9 Å². The zero-order chi connectivity index (χ0) is 22.7. The summed E-state index contributed by atoms with van der Waals surface area (Å²) in [4.78, 5) is 13.7. The van der Waals surface area contributed by atoms with E-state index in [9.17, 15) is 17.6 Å². The maximum absolute atomic E-state index is 13.3. The van der Waals surface area contributed by atoms with Gasteiger partial charge in [0.2, 0.25) is 5.91 Å². The van der Waals surface area contributed by atoms with Crippen molar-refractivity contribution < 1.29 is 17.6 Å². The Kier molecular flexibility index (Phi) is 6.96. The first kappa shape index (κ1) is 22.9. The molecule has 0 aliphatic carbocycles. The maximum atomic E-state index is 13.3. The average Bonchev–Trinajstić information content (AvgIpc) is 3.48. The minimum Gasteiger partial charge on any atom is -0.344 e. The molecule has 1 aliphatic rings. The molecule has 1 saturated heterocycles. The summed E-state index contributed by atoms with van der Waals surface area (Å²) in [6, 6.07) is 9.60. The van der Waals surface area contributed by atoms with Crippen LogP contribution in [0.5, 0.6) is 0 Å². The zero-order valence-electron chi connectivity index (χ0n) is 17.4. The molecular weight excluding hydrogens is 471 g/mol.